The number of hydrogen-bond donors (Lipinski definition) is 3. The van der Waals surface area contributed by atoms with E-state index in [1.54, 1.807) is 0 Å². The molecule has 0 aromatic carbocycles. The number of aliphatic hydroxyl groups is 1. The molecule has 126 valence electrons. The third kappa shape index (κ3) is 5.56. The van der Waals surface area contributed by atoms with Crippen LogP contribution in [0.5, 0.6) is 0 Å². The number of nitrogens with zero attached hydrogens (tertiary/aromatic N) is 2. The van der Waals surface area contributed by atoms with Crippen LogP contribution in [0, 0.1) is 5.41 Å². The van der Waals surface area contributed by atoms with E-state index in [4.69, 9.17) is 0 Å². The summed E-state index contributed by atoms with van der Waals surface area (Å²) in [6, 6.07) is 5.71. The highest BCUT2D eigenvalue weighted by Gasteiger charge is 2.15. The molecule has 23 heavy (non-hydrogen) atoms. The molecule has 6 heteroatoms. The highest BCUT2D eigenvalue weighted by Crippen LogP contribution is 2.20. The van der Waals surface area contributed by atoms with Crippen LogP contribution < -0.4 is 10.6 Å². The van der Waals surface area contributed by atoms with Gasteiger partial charge in [0.2, 0.25) is 0 Å². The van der Waals surface area contributed by atoms with E-state index in [0.717, 1.165) is 24.2 Å². The Morgan fingerprint density at radius 3 is 2.83 bits per heavy atom. The summed E-state index contributed by atoms with van der Waals surface area (Å²) in [5, 5.41) is 14.8. The Balaban J connectivity index is 1.63. The van der Waals surface area contributed by atoms with Gasteiger partial charge in [-0.3, -0.25) is 0 Å². The van der Waals surface area contributed by atoms with Crippen LogP contribution in [0.4, 0.5) is 4.79 Å². The minimum absolute atomic E-state index is 0.0821. The van der Waals surface area contributed by atoms with Gasteiger partial charge in [-0.05, 0) is 30.4 Å². The van der Waals surface area contributed by atoms with Gasteiger partial charge in [0.15, 0.2) is 0 Å². The molecule has 0 spiro atoms. The Kier molecular flexibility index (Phi) is 5.98. The van der Waals surface area contributed by atoms with Gasteiger partial charge in [-0.15, -0.1) is 0 Å². The molecule has 2 aromatic rings. The monoisotopic (exact) mass is 318 g/mol. The maximum Gasteiger partial charge on any atom is 0.314 e. The summed E-state index contributed by atoms with van der Waals surface area (Å²) in [6.45, 7) is 5.36. The minimum atomic E-state index is -0.157. The van der Waals surface area contributed by atoms with Crippen molar-refractivity contribution < 1.29 is 9.90 Å². The van der Waals surface area contributed by atoms with Gasteiger partial charge < -0.3 is 20.1 Å². The fourth-order valence-corrected chi connectivity index (χ4v) is 2.32. The number of amides is 2. The zero-order valence-electron chi connectivity index (χ0n) is 13.9. The van der Waals surface area contributed by atoms with Crippen molar-refractivity contribution in [3.63, 3.8) is 0 Å². The van der Waals surface area contributed by atoms with E-state index < -0.39 is 0 Å². The van der Waals surface area contributed by atoms with Crippen molar-refractivity contribution in [2.45, 2.75) is 33.1 Å². The number of aliphatic hydroxyl groups excluding tert-OH is 1. The Morgan fingerprint density at radius 2 is 2.09 bits per heavy atom. The lowest BCUT2D eigenvalue weighted by atomic mass is 9.89. The van der Waals surface area contributed by atoms with Crippen molar-refractivity contribution in [3.05, 3.63) is 36.3 Å². The minimum Gasteiger partial charge on any atom is -0.396 e. The van der Waals surface area contributed by atoms with E-state index in [9.17, 15) is 9.90 Å². The summed E-state index contributed by atoms with van der Waals surface area (Å²) in [6.07, 6.45) is 6.37. The van der Waals surface area contributed by atoms with E-state index >= 15 is 0 Å². The van der Waals surface area contributed by atoms with Crippen molar-refractivity contribution in [2.75, 3.05) is 19.7 Å². The van der Waals surface area contributed by atoms with Crippen molar-refractivity contribution in [2.24, 2.45) is 5.41 Å². The molecule has 6 nitrogen and oxygen atoms in total. The molecule has 3 N–H and O–H groups in total. The normalized spacial score (nSPS) is 11.6. The Labute approximate surface area is 136 Å². The molecule has 0 saturated heterocycles. The number of rotatable bonds is 8. The molecule has 0 aliphatic carbocycles. The molecule has 0 saturated carbocycles. The molecule has 2 aromatic heterocycles. The lowest BCUT2D eigenvalue weighted by Gasteiger charge is -2.21. The molecule has 0 bridgehead atoms. The van der Waals surface area contributed by atoms with Gasteiger partial charge in [-0.1, -0.05) is 19.9 Å². The second-order valence-corrected chi connectivity index (χ2v) is 6.56. The molecule has 0 aliphatic rings. The van der Waals surface area contributed by atoms with Crippen LogP contribution in [0.1, 0.15) is 32.4 Å². The van der Waals surface area contributed by atoms with Gasteiger partial charge in [-0.25, -0.2) is 9.78 Å². The Morgan fingerprint density at radius 1 is 1.30 bits per heavy atom. The van der Waals surface area contributed by atoms with Crippen molar-refractivity contribution in [3.8, 4) is 0 Å². The molecular formula is C17H26N4O2. The van der Waals surface area contributed by atoms with Crippen LogP contribution in [0.3, 0.4) is 0 Å². The van der Waals surface area contributed by atoms with Gasteiger partial charge in [-0.2, -0.15) is 0 Å². The number of nitrogens with one attached hydrogen (secondary N) is 2. The summed E-state index contributed by atoms with van der Waals surface area (Å²) in [5.41, 5.74) is 1.79. The average Bonchev–Trinajstić information content (AvgIpc) is 2.94. The van der Waals surface area contributed by atoms with Crippen molar-refractivity contribution in [1.82, 2.24) is 20.0 Å². The third-order valence-electron chi connectivity index (χ3n) is 3.82. The van der Waals surface area contributed by atoms with Gasteiger partial charge in [0, 0.05) is 38.5 Å². The molecular weight excluding hydrogens is 292 g/mol. The second-order valence-electron chi connectivity index (χ2n) is 6.56. The largest absolute Gasteiger partial charge is 0.396 e. The average molecular weight is 318 g/mol. The highest BCUT2D eigenvalue weighted by molar-refractivity contribution is 5.73. The van der Waals surface area contributed by atoms with Gasteiger partial charge in [0.1, 0.15) is 5.65 Å². The quantitative estimate of drug-likeness (QED) is 0.651. The maximum atomic E-state index is 11.7. The van der Waals surface area contributed by atoms with Gasteiger partial charge in [0.05, 0.1) is 5.69 Å². The van der Waals surface area contributed by atoms with Crippen LogP contribution in [0.15, 0.2) is 30.6 Å². The molecule has 2 rings (SSSR count). The van der Waals surface area contributed by atoms with E-state index in [-0.39, 0.29) is 18.1 Å². The van der Waals surface area contributed by atoms with Crippen molar-refractivity contribution >= 4 is 11.7 Å². The standard InChI is InChI=1S/C17H26N4O2/c1-17(2,13-22)8-5-9-18-16(23)19-10-7-14-12-21-11-4-3-6-15(21)20-14/h3-4,6,11-12,22H,5,7-10,13H2,1-2H3,(H2,18,19,23). The number of aromatic nitrogens is 2. The zero-order chi connectivity index (χ0) is 16.7. The lowest BCUT2D eigenvalue weighted by Crippen LogP contribution is -2.37. The number of fused-ring (bicyclic) bond motifs is 1. The van der Waals surface area contributed by atoms with Crippen molar-refractivity contribution in [1.29, 1.82) is 0 Å². The SMILES string of the molecule is CC(C)(CO)CCCNC(=O)NCCc1cn2ccccc2n1. The summed E-state index contributed by atoms with van der Waals surface area (Å²) >= 11 is 0. The summed E-state index contributed by atoms with van der Waals surface area (Å²) in [4.78, 5) is 16.2. The smallest absolute Gasteiger partial charge is 0.314 e. The molecule has 0 unspecified atom stereocenters. The van der Waals surface area contributed by atoms with Crippen LogP contribution in [0.2, 0.25) is 0 Å². The lowest BCUT2D eigenvalue weighted by molar-refractivity contribution is 0.148. The van der Waals surface area contributed by atoms with Crippen LogP contribution in [-0.4, -0.2) is 40.2 Å². The Hall–Kier alpha value is -2.08. The fourth-order valence-electron chi connectivity index (χ4n) is 2.32. The summed E-state index contributed by atoms with van der Waals surface area (Å²) in [5.74, 6) is 0. The molecule has 2 heterocycles. The molecule has 0 fully saturated rings. The first-order valence-electron chi connectivity index (χ1n) is 8.05. The number of carbonyl (C=O) groups excluding carboxylic acids is 1. The second kappa shape index (κ2) is 7.97. The molecule has 0 atom stereocenters. The number of carbonyl (C=O) groups is 1. The van der Waals surface area contributed by atoms with Crippen LogP contribution in [-0.2, 0) is 6.42 Å². The summed E-state index contributed by atoms with van der Waals surface area (Å²) in [7, 11) is 0. The first-order valence-corrected chi connectivity index (χ1v) is 8.05. The number of pyridine rings is 1. The van der Waals surface area contributed by atoms with Crippen LogP contribution in [0.25, 0.3) is 5.65 Å². The number of imidazole rings is 1. The van der Waals surface area contributed by atoms with Crippen LogP contribution >= 0.6 is 0 Å². The fraction of sp³-hybridized carbons (Fsp3) is 0.529. The molecule has 2 amide bonds. The number of urea groups is 1. The predicted molar refractivity (Wildman–Crippen MR) is 90.4 cm³/mol. The molecule has 0 radical (unpaired) electrons. The van der Waals surface area contributed by atoms with E-state index in [2.05, 4.69) is 15.6 Å². The first kappa shape index (κ1) is 17.3. The predicted octanol–water partition coefficient (Wildman–Crippen LogP) is 1.97. The zero-order valence-corrected chi connectivity index (χ0v) is 13.9. The third-order valence-corrected chi connectivity index (χ3v) is 3.82. The number of hydrogen-bond acceptors (Lipinski definition) is 3. The topological polar surface area (TPSA) is 78.7 Å². The van der Waals surface area contributed by atoms with E-state index in [1.807, 2.05) is 48.8 Å². The summed E-state index contributed by atoms with van der Waals surface area (Å²) < 4.78 is 1.97. The Bertz CT molecular complexity index is 603. The highest BCUT2D eigenvalue weighted by atomic mass is 16.3. The van der Waals surface area contributed by atoms with E-state index in [1.165, 1.54) is 0 Å². The van der Waals surface area contributed by atoms with Gasteiger partial charge in [0.25, 0.3) is 0 Å². The first-order chi connectivity index (χ1) is 11.0. The van der Waals surface area contributed by atoms with E-state index in [0.29, 0.717) is 19.5 Å². The maximum absolute atomic E-state index is 11.7. The molecule has 0 aliphatic heterocycles. The van der Waals surface area contributed by atoms with Gasteiger partial charge >= 0.3 is 6.03 Å².